The topological polar surface area (TPSA) is 69.6 Å². The monoisotopic (exact) mass is 221 g/mol. The van der Waals surface area contributed by atoms with Crippen molar-refractivity contribution in [3.63, 3.8) is 0 Å². The number of nitrogens with one attached hydrogen (secondary N) is 1. The molecule has 16 heavy (non-hydrogen) atoms. The molecule has 0 spiro atoms. The Kier molecular flexibility index (Phi) is 2.94. The molecule has 1 atom stereocenters. The minimum absolute atomic E-state index is 0.280. The molecular formula is C12H15NO3. The van der Waals surface area contributed by atoms with Crippen LogP contribution in [-0.4, -0.2) is 34.9 Å². The van der Waals surface area contributed by atoms with E-state index in [1.807, 2.05) is 0 Å². The lowest BCUT2D eigenvalue weighted by Gasteiger charge is -2.22. The van der Waals surface area contributed by atoms with E-state index >= 15 is 0 Å². The Hall–Kier alpha value is -1.39. The van der Waals surface area contributed by atoms with Crippen molar-refractivity contribution in [1.82, 2.24) is 5.32 Å². The summed E-state index contributed by atoms with van der Waals surface area (Å²) < 4.78 is 0. The van der Waals surface area contributed by atoms with Crippen LogP contribution in [0.3, 0.4) is 0 Å². The highest BCUT2D eigenvalue weighted by Gasteiger charge is 2.32. The van der Waals surface area contributed by atoms with Gasteiger partial charge in [0, 0.05) is 13.0 Å². The number of hydrogen-bond donors (Lipinski definition) is 3. The summed E-state index contributed by atoms with van der Waals surface area (Å²) in [6, 6.07) is 6.83. The third-order valence-electron chi connectivity index (χ3n) is 2.99. The molecule has 1 heterocycles. The van der Waals surface area contributed by atoms with Crippen molar-refractivity contribution in [2.45, 2.75) is 18.4 Å². The summed E-state index contributed by atoms with van der Waals surface area (Å²) in [5.41, 5.74) is 0.176. The summed E-state index contributed by atoms with van der Waals surface area (Å²) in [5.74, 6) is -0.940. The van der Waals surface area contributed by atoms with Crippen LogP contribution in [0, 0.1) is 0 Å². The van der Waals surface area contributed by atoms with Crippen LogP contribution in [0.25, 0.3) is 0 Å². The molecule has 0 radical (unpaired) electrons. The average Bonchev–Trinajstić information content (AvgIpc) is 2.65. The minimum atomic E-state index is -0.940. The summed E-state index contributed by atoms with van der Waals surface area (Å²) in [6.07, 6.45) is 1.06. The number of aromatic carboxylic acids is 1. The van der Waals surface area contributed by atoms with Gasteiger partial charge in [-0.25, -0.2) is 4.79 Å². The van der Waals surface area contributed by atoms with E-state index in [4.69, 9.17) is 5.11 Å². The Labute approximate surface area is 93.9 Å². The van der Waals surface area contributed by atoms with Crippen LogP contribution in [0.5, 0.6) is 0 Å². The molecule has 86 valence electrons. The fourth-order valence-electron chi connectivity index (χ4n) is 2.12. The van der Waals surface area contributed by atoms with Gasteiger partial charge >= 0.3 is 5.97 Å². The summed E-state index contributed by atoms with van der Waals surface area (Å²) in [7, 11) is 0. The molecule has 1 aliphatic heterocycles. The summed E-state index contributed by atoms with van der Waals surface area (Å²) in [4.78, 5) is 11.0. The number of carboxylic acid groups (broad SMARTS) is 1. The van der Waals surface area contributed by atoms with Crippen molar-refractivity contribution in [1.29, 1.82) is 0 Å². The fourth-order valence-corrected chi connectivity index (χ4v) is 2.12. The number of carbonyl (C=O) groups is 1. The predicted octanol–water partition coefficient (Wildman–Crippen LogP) is 0.652. The number of rotatable bonds is 3. The van der Waals surface area contributed by atoms with Crippen molar-refractivity contribution in [2.24, 2.45) is 0 Å². The number of hydrogen-bond acceptors (Lipinski definition) is 3. The van der Waals surface area contributed by atoms with Gasteiger partial charge in [0.1, 0.15) is 0 Å². The van der Waals surface area contributed by atoms with Gasteiger partial charge in [-0.15, -0.1) is 0 Å². The van der Waals surface area contributed by atoms with E-state index in [1.165, 1.54) is 0 Å². The van der Waals surface area contributed by atoms with Gasteiger partial charge in [0.05, 0.1) is 11.2 Å². The maximum atomic E-state index is 11.0. The molecule has 1 unspecified atom stereocenters. The first-order valence-corrected chi connectivity index (χ1v) is 5.35. The first kappa shape index (κ1) is 11.1. The molecule has 1 aromatic rings. The smallest absolute Gasteiger partial charge is 0.335 e. The molecule has 1 saturated heterocycles. The molecule has 3 N–H and O–H groups in total. The third kappa shape index (κ3) is 2.23. The summed E-state index contributed by atoms with van der Waals surface area (Å²) >= 11 is 0. The van der Waals surface area contributed by atoms with Crippen molar-refractivity contribution in [3.8, 4) is 0 Å². The Bertz CT molecular complexity index is 397. The predicted molar refractivity (Wildman–Crippen MR) is 59.5 cm³/mol. The van der Waals surface area contributed by atoms with Gasteiger partial charge in [-0.3, -0.25) is 0 Å². The maximum absolute atomic E-state index is 11.0. The highest BCUT2D eigenvalue weighted by atomic mass is 16.4. The zero-order chi connectivity index (χ0) is 11.6. The lowest BCUT2D eigenvalue weighted by Crippen LogP contribution is -2.34. The SMILES string of the molecule is O=C(O)c1ccccc1CC1(O)CCNC1. The highest BCUT2D eigenvalue weighted by Crippen LogP contribution is 2.22. The zero-order valence-corrected chi connectivity index (χ0v) is 8.94. The Balaban J connectivity index is 2.23. The van der Waals surface area contributed by atoms with Crippen LogP contribution in [0.1, 0.15) is 22.3 Å². The van der Waals surface area contributed by atoms with Crippen molar-refractivity contribution < 1.29 is 15.0 Å². The standard InChI is InChI=1S/C12H15NO3/c14-11(15)10-4-2-1-3-9(10)7-12(16)5-6-13-8-12/h1-4,13,16H,5-8H2,(H,14,15). The van der Waals surface area contributed by atoms with E-state index in [-0.39, 0.29) is 5.56 Å². The number of benzene rings is 1. The summed E-state index contributed by atoms with van der Waals surface area (Å²) in [5, 5.41) is 22.3. The first-order valence-electron chi connectivity index (χ1n) is 5.35. The largest absolute Gasteiger partial charge is 0.478 e. The van der Waals surface area contributed by atoms with Crippen LogP contribution in [0.4, 0.5) is 0 Å². The van der Waals surface area contributed by atoms with Gasteiger partial charge in [-0.2, -0.15) is 0 Å². The molecule has 1 aromatic carbocycles. The second-order valence-corrected chi connectivity index (χ2v) is 4.29. The molecule has 4 heteroatoms. The van der Waals surface area contributed by atoms with Crippen LogP contribution < -0.4 is 5.32 Å². The van der Waals surface area contributed by atoms with Crippen LogP contribution in [0.2, 0.25) is 0 Å². The third-order valence-corrected chi connectivity index (χ3v) is 2.99. The molecule has 4 nitrogen and oxygen atoms in total. The zero-order valence-electron chi connectivity index (χ0n) is 8.94. The normalized spacial score (nSPS) is 24.6. The Morgan fingerprint density at radius 1 is 1.44 bits per heavy atom. The number of aliphatic hydroxyl groups is 1. The van der Waals surface area contributed by atoms with Gasteiger partial charge in [0.15, 0.2) is 0 Å². The lowest BCUT2D eigenvalue weighted by atomic mass is 9.91. The maximum Gasteiger partial charge on any atom is 0.335 e. The van der Waals surface area contributed by atoms with Crippen LogP contribution >= 0.6 is 0 Å². The first-order chi connectivity index (χ1) is 7.61. The van der Waals surface area contributed by atoms with Crippen LogP contribution in [0.15, 0.2) is 24.3 Å². The van der Waals surface area contributed by atoms with Gasteiger partial charge in [0.2, 0.25) is 0 Å². The van der Waals surface area contributed by atoms with E-state index in [1.54, 1.807) is 24.3 Å². The molecule has 2 rings (SSSR count). The molecule has 0 saturated carbocycles. The highest BCUT2D eigenvalue weighted by molar-refractivity contribution is 5.89. The van der Waals surface area contributed by atoms with E-state index in [0.29, 0.717) is 24.9 Å². The molecule has 0 aromatic heterocycles. The average molecular weight is 221 g/mol. The molecule has 0 amide bonds. The molecule has 0 bridgehead atoms. The Morgan fingerprint density at radius 2 is 2.19 bits per heavy atom. The van der Waals surface area contributed by atoms with Gasteiger partial charge in [-0.1, -0.05) is 18.2 Å². The van der Waals surface area contributed by atoms with Crippen LogP contribution in [-0.2, 0) is 6.42 Å². The second-order valence-electron chi connectivity index (χ2n) is 4.29. The van der Waals surface area contributed by atoms with Crippen molar-refractivity contribution in [2.75, 3.05) is 13.1 Å². The van der Waals surface area contributed by atoms with E-state index in [2.05, 4.69) is 5.32 Å². The summed E-state index contributed by atoms with van der Waals surface area (Å²) in [6.45, 7) is 1.31. The van der Waals surface area contributed by atoms with E-state index in [0.717, 1.165) is 6.54 Å². The minimum Gasteiger partial charge on any atom is -0.478 e. The van der Waals surface area contributed by atoms with E-state index < -0.39 is 11.6 Å². The van der Waals surface area contributed by atoms with Crippen molar-refractivity contribution in [3.05, 3.63) is 35.4 Å². The Morgan fingerprint density at radius 3 is 2.81 bits per heavy atom. The van der Waals surface area contributed by atoms with E-state index in [9.17, 15) is 9.90 Å². The second kappa shape index (κ2) is 4.23. The lowest BCUT2D eigenvalue weighted by molar-refractivity contribution is 0.0604. The van der Waals surface area contributed by atoms with Gasteiger partial charge < -0.3 is 15.5 Å². The molecule has 1 aliphatic rings. The molecular weight excluding hydrogens is 206 g/mol. The molecule has 0 aliphatic carbocycles. The number of carboxylic acids is 1. The fraction of sp³-hybridized carbons (Fsp3) is 0.417. The van der Waals surface area contributed by atoms with Gasteiger partial charge in [-0.05, 0) is 24.6 Å². The molecule has 1 fully saturated rings. The van der Waals surface area contributed by atoms with Crippen molar-refractivity contribution >= 4 is 5.97 Å². The number of β-amino-alcohol motifs (C(OH)–C–C–N with tert-alkyl or cyclic N) is 1. The quantitative estimate of drug-likeness (QED) is 0.701. The van der Waals surface area contributed by atoms with Gasteiger partial charge in [0.25, 0.3) is 0 Å².